The maximum Gasteiger partial charge on any atom is 0.261 e. The van der Waals surface area contributed by atoms with Gasteiger partial charge in [-0.15, -0.1) is 0 Å². The highest BCUT2D eigenvalue weighted by atomic mass is 32.2. The average Bonchev–Trinajstić information content (AvgIpc) is 2.83. The third kappa shape index (κ3) is 6.92. The van der Waals surface area contributed by atoms with Crippen LogP contribution < -0.4 is 23.8 Å². The van der Waals surface area contributed by atoms with Gasteiger partial charge in [0.25, 0.3) is 10.0 Å². The topological polar surface area (TPSA) is 131 Å². The van der Waals surface area contributed by atoms with E-state index in [-0.39, 0.29) is 10.6 Å². The highest BCUT2D eigenvalue weighted by Gasteiger charge is 2.23. The summed E-state index contributed by atoms with van der Waals surface area (Å²) in [5, 5.41) is 2.59. The van der Waals surface area contributed by atoms with E-state index in [2.05, 4.69) is 10.0 Å². The maximum absolute atomic E-state index is 12.8. The number of amides is 1. The average molecular weight is 548 g/mol. The van der Waals surface area contributed by atoms with Crippen LogP contribution in [0.15, 0.2) is 65.6 Å². The van der Waals surface area contributed by atoms with Gasteiger partial charge in [0.05, 0.1) is 36.7 Å². The summed E-state index contributed by atoms with van der Waals surface area (Å²) in [6, 6.07) is 15.4. The number of benzene rings is 3. The minimum atomic E-state index is -3.85. The molecular formula is C25H29N3O7S2. The second-order valence-corrected chi connectivity index (χ2v) is 11.9. The molecule has 0 atom stereocenters. The number of ether oxygens (including phenoxy) is 2. The second-order valence-electron chi connectivity index (χ2n) is 8.31. The lowest BCUT2D eigenvalue weighted by Crippen LogP contribution is -2.37. The molecule has 0 aliphatic rings. The highest BCUT2D eigenvalue weighted by Crippen LogP contribution is 2.32. The number of hydrogen-bond donors (Lipinski definition) is 2. The van der Waals surface area contributed by atoms with Gasteiger partial charge < -0.3 is 14.8 Å². The normalized spacial score (nSPS) is 11.5. The number of nitrogens with one attached hydrogen (secondary N) is 2. The zero-order chi connectivity index (χ0) is 27.4. The fourth-order valence-electron chi connectivity index (χ4n) is 3.56. The largest absolute Gasteiger partial charge is 0.493 e. The van der Waals surface area contributed by atoms with Gasteiger partial charge in [0.2, 0.25) is 15.9 Å². The third-order valence-corrected chi connectivity index (χ3v) is 7.94. The first-order valence-electron chi connectivity index (χ1n) is 11.0. The van der Waals surface area contributed by atoms with Crippen LogP contribution in [0, 0.1) is 13.8 Å². The van der Waals surface area contributed by atoms with Crippen LogP contribution >= 0.6 is 0 Å². The first-order valence-corrected chi connectivity index (χ1v) is 14.4. The van der Waals surface area contributed by atoms with Gasteiger partial charge in [-0.3, -0.25) is 13.8 Å². The Morgan fingerprint density at radius 2 is 1.51 bits per heavy atom. The molecule has 0 bridgehead atoms. The molecule has 0 radical (unpaired) electrons. The van der Waals surface area contributed by atoms with Crippen LogP contribution in [0.3, 0.4) is 0 Å². The van der Waals surface area contributed by atoms with Gasteiger partial charge >= 0.3 is 0 Å². The quantitative estimate of drug-likeness (QED) is 0.397. The molecule has 0 saturated carbocycles. The van der Waals surface area contributed by atoms with Gasteiger partial charge in [0, 0.05) is 11.8 Å². The molecule has 0 aliphatic heterocycles. The van der Waals surface area contributed by atoms with Crippen molar-refractivity contribution < 1.29 is 31.1 Å². The molecule has 0 aromatic heterocycles. The Labute approximate surface area is 217 Å². The van der Waals surface area contributed by atoms with Crippen molar-refractivity contribution in [2.75, 3.05) is 41.4 Å². The van der Waals surface area contributed by atoms with Gasteiger partial charge in [-0.2, -0.15) is 0 Å². The molecule has 0 heterocycles. The van der Waals surface area contributed by atoms with E-state index in [9.17, 15) is 21.6 Å². The SMILES string of the molecule is COc1ccc(N(CC(=O)Nc2ccc(S(=O)(=O)Nc3ccc(C)cc3C)cc2)S(C)(=O)=O)cc1OC. The van der Waals surface area contributed by atoms with E-state index in [1.54, 1.807) is 6.07 Å². The number of methoxy groups -OCH3 is 2. The van der Waals surface area contributed by atoms with Crippen LogP contribution in [0.25, 0.3) is 0 Å². The van der Waals surface area contributed by atoms with Gasteiger partial charge in [-0.1, -0.05) is 17.7 Å². The van der Waals surface area contributed by atoms with E-state index in [0.717, 1.165) is 21.7 Å². The van der Waals surface area contributed by atoms with Crippen LogP contribution in [0.2, 0.25) is 0 Å². The van der Waals surface area contributed by atoms with Crippen molar-refractivity contribution in [2.45, 2.75) is 18.7 Å². The Balaban J connectivity index is 1.74. The van der Waals surface area contributed by atoms with E-state index in [1.807, 2.05) is 26.0 Å². The van der Waals surface area contributed by atoms with Gasteiger partial charge in [-0.25, -0.2) is 16.8 Å². The number of aryl methyl sites for hydroxylation is 2. The number of carbonyl (C=O) groups is 1. The summed E-state index contributed by atoms with van der Waals surface area (Å²) in [7, 11) is -4.81. The highest BCUT2D eigenvalue weighted by molar-refractivity contribution is 7.92. The van der Waals surface area contributed by atoms with E-state index in [4.69, 9.17) is 9.47 Å². The maximum atomic E-state index is 12.8. The molecule has 0 spiro atoms. The molecule has 10 nitrogen and oxygen atoms in total. The molecule has 37 heavy (non-hydrogen) atoms. The van der Waals surface area contributed by atoms with Crippen molar-refractivity contribution >= 4 is 43.0 Å². The van der Waals surface area contributed by atoms with Crippen LogP contribution in [0.4, 0.5) is 17.1 Å². The van der Waals surface area contributed by atoms with Crippen LogP contribution in [-0.2, 0) is 24.8 Å². The number of anilines is 3. The van der Waals surface area contributed by atoms with Crippen molar-refractivity contribution in [1.29, 1.82) is 0 Å². The molecule has 3 aromatic carbocycles. The fourth-order valence-corrected chi connectivity index (χ4v) is 5.54. The molecule has 198 valence electrons. The van der Waals surface area contributed by atoms with Gasteiger partial charge in [0.15, 0.2) is 11.5 Å². The van der Waals surface area contributed by atoms with Crippen molar-refractivity contribution in [3.05, 3.63) is 71.8 Å². The lowest BCUT2D eigenvalue weighted by molar-refractivity contribution is -0.114. The molecule has 0 saturated heterocycles. The molecule has 3 rings (SSSR count). The molecule has 0 unspecified atom stereocenters. The number of hydrogen-bond acceptors (Lipinski definition) is 7. The number of sulfonamides is 2. The number of carbonyl (C=O) groups excluding carboxylic acids is 1. The molecular weight excluding hydrogens is 518 g/mol. The zero-order valence-corrected chi connectivity index (χ0v) is 22.7. The molecule has 0 aliphatic carbocycles. The van der Waals surface area contributed by atoms with Crippen molar-refractivity contribution in [2.24, 2.45) is 0 Å². The Bertz CT molecular complexity index is 1500. The first-order chi connectivity index (χ1) is 17.3. The van der Waals surface area contributed by atoms with E-state index in [0.29, 0.717) is 22.9 Å². The van der Waals surface area contributed by atoms with Crippen molar-refractivity contribution in [1.82, 2.24) is 0 Å². The van der Waals surface area contributed by atoms with Crippen LogP contribution in [-0.4, -0.2) is 49.8 Å². The fraction of sp³-hybridized carbons (Fsp3) is 0.240. The van der Waals surface area contributed by atoms with E-state index >= 15 is 0 Å². The standard InChI is InChI=1S/C25H29N3O7S2/c1-17-6-12-22(18(2)14-17)27-37(32,33)21-10-7-19(8-11-21)26-25(29)16-28(36(5,30)31)20-9-13-23(34-3)24(15-20)35-4/h6-15,27H,16H2,1-5H3,(H,26,29). The van der Waals surface area contributed by atoms with Crippen molar-refractivity contribution in [3.8, 4) is 11.5 Å². The molecule has 1 amide bonds. The van der Waals surface area contributed by atoms with Gasteiger partial charge in [-0.05, 0) is 61.9 Å². The van der Waals surface area contributed by atoms with Crippen molar-refractivity contribution in [3.63, 3.8) is 0 Å². The van der Waals surface area contributed by atoms with Gasteiger partial charge in [0.1, 0.15) is 6.54 Å². The Morgan fingerprint density at radius 3 is 2.08 bits per heavy atom. The lowest BCUT2D eigenvalue weighted by Gasteiger charge is -2.23. The summed E-state index contributed by atoms with van der Waals surface area (Å²) in [5.41, 5.74) is 2.79. The predicted octanol–water partition coefficient (Wildman–Crippen LogP) is 3.53. The summed E-state index contributed by atoms with van der Waals surface area (Å²) in [4.78, 5) is 12.7. The summed E-state index contributed by atoms with van der Waals surface area (Å²) in [5.74, 6) is 0.0933. The third-order valence-electron chi connectivity index (χ3n) is 5.42. The Morgan fingerprint density at radius 1 is 0.865 bits per heavy atom. The van der Waals surface area contributed by atoms with E-state index < -0.39 is 32.5 Å². The monoisotopic (exact) mass is 547 g/mol. The molecule has 12 heteroatoms. The minimum absolute atomic E-state index is 0.00793. The Hall–Kier alpha value is -3.77. The first kappa shape index (κ1) is 27.8. The summed E-state index contributed by atoms with van der Waals surface area (Å²) in [6.07, 6.45) is 0.986. The molecule has 3 aromatic rings. The summed E-state index contributed by atoms with van der Waals surface area (Å²) in [6.45, 7) is 3.22. The minimum Gasteiger partial charge on any atom is -0.493 e. The summed E-state index contributed by atoms with van der Waals surface area (Å²) >= 11 is 0. The number of rotatable bonds is 10. The second kappa shape index (κ2) is 11.1. The smallest absolute Gasteiger partial charge is 0.261 e. The summed E-state index contributed by atoms with van der Waals surface area (Å²) < 4.78 is 64.3. The predicted molar refractivity (Wildman–Crippen MR) is 144 cm³/mol. The molecule has 2 N–H and O–H groups in total. The van der Waals surface area contributed by atoms with E-state index in [1.165, 1.54) is 56.7 Å². The van der Waals surface area contributed by atoms with Crippen LogP contribution in [0.5, 0.6) is 11.5 Å². The zero-order valence-electron chi connectivity index (χ0n) is 21.1. The number of nitrogens with zero attached hydrogens (tertiary/aromatic N) is 1. The van der Waals surface area contributed by atoms with Crippen LogP contribution in [0.1, 0.15) is 11.1 Å². The lowest BCUT2D eigenvalue weighted by atomic mass is 10.1. The molecule has 0 fully saturated rings. The Kier molecular flexibility index (Phi) is 8.34.